The summed E-state index contributed by atoms with van der Waals surface area (Å²) in [5.74, 6) is -2.01. The zero-order chi connectivity index (χ0) is 18.2. The molecule has 2 amide bonds. The van der Waals surface area contributed by atoms with Gasteiger partial charge in [0.2, 0.25) is 11.8 Å². The van der Waals surface area contributed by atoms with Crippen LogP contribution in [0.2, 0.25) is 5.02 Å². The van der Waals surface area contributed by atoms with Gasteiger partial charge in [-0.25, -0.2) is 4.79 Å². The molecule has 2 saturated heterocycles. The lowest BCUT2D eigenvalue weighted by molar-refractivity contribution is -0.165. The maximum Gasteiger partial charge on any atom is 0.335 e. The molecule has 3 rings (SSSR count). The van der Waals surface area contributed by atoms with E-state index in [2.05, 4.69) is 0 Å². The number of nitrogens with zero attached hydrogens (tertiary/aromatic N) is 2. The van der Waals surface area contributed by atoms with Gasteiger partial charge in [-0.1, -0.05) is 11.6 Å². The second-order valence-electron chi connectivity index (χ2n) is 6.54. The van der Waals surface area contributed by atoms with Gasteiger partial charge in [-0.2, -0.15) is 0 Å². The van der Waals surface area contributed by atoms with E-state index in [1.54, 1.807) is 34.1 Å². The zero-order valence-corrected chi connectivity index (χ0v) is 14.3. The van der Waals surface area contributed by atoms with Gasteiger partial charge >= 0.3 is 5.97 Å². The largest absolute Gasteiger partial charge is 0.479 e. The van der Waals surface area contributed by atoms with Crippen LogP contribution in [0.3, 0.4) is 0 Å². The van der Waals surface area contributed by atoms with Crippen LogP contribution in [0, 0.1) is 5.92 Å². The van der Waals surface area contributed by atoms with Gasteiger partial charge in [-0.3, -0.25) is 9.59 Å². The third kappa shape index (κ3) is 3.48. The summed E-state index contributed by atoms with van der Waals surface area (Å²) in [7, 11) is 0. The van der Waals surface area contributed by atoms with E-state index in [4.69, 9.17) is 16.7 Å². The number of hydrogen-bond donors (Lipinski definition) is 2. The Morgan fingerprint density at radius 2 is 1.76 bits per heavy atom. The minimum Gasteiger partial charge on any atom is -0.479 e. The molecule has 1 aromatic rings. The topological polar surface area (TPSA) is 98.2 Å². The molecule has 1 unspecified atom stereocenters. The van der Waals surface area contributed by atoms with Gasteiger partial charge in [0.05, 0.1) is 5.92 Å². The maximum absolute atomic E-state index is 12.7. The minimum atomic E-state index is -1.77. The van der Waals surface area contributed by atoms with Gasteiger partial charge in [0.25, 0.3) is 0 Å². The summed E-state index contributed by atoms with van der Waals surface area (Å²) in [6.07, 6.45) is 0.117. The van der Waals surface area contributed by atoms with Crippen molar-refractivity contribution in [1.29, 1.82) is 0 Å². The number of anilines is 1. The number of carbonyl (C=O) groups is 3. The van der Waals surface area contributed by atoms with Crippen LogP contribution in [0.25, 0.3) is 0 Å². The molecule has 8 heteroatoms. The number of carboxylic acid groups (broad SMARTS) is 1. The number of carbonyl (C=O) groups excluding carboxylic acids is 2. The van der Waals surface area contributed by atoms with E-state index in [0.29, 0.717) is 17.3 Å². The second-order valence-corrected chi connectivity index (χ2v) is 6.98. The number of carboxylic acids is 1. The van der Waals surface area contributed by atoms with E-state index in [1.165, 1.54) is 0 Å². The fourth-order valence-electron chi connectivity index (χ4n) is 3.31. The highest BCUT2D eigenvalue weighted by molar-refractivity contribution is 6.30. The van der Waals surface area contributed by atoms with Crippen molar-refractivity contribution in [2.75, 3.05) is 24.5 Å². The second kappa shape index (κ2) is 6.65. The molecule has 0 aliphatic carbocycles. The maximum atomic E-state index is 12.7. The highest BCUT2D eigenvalue weighted by Crippen LogP contribution is 2.29. The van der Waals surface area contributed by atoms with Gasteiger partial charge in [0.15, 0.2) is 5.60 Å². The minimum absolute atomic E-state index is 0.00433. The van der Waals surface area contributed by atoms with Crippen molar-refractivity contribution >= 4 is 35.1 Å². The van der Waals surface area contributed by atoms with E-state index in [0.717, 1.165) is 0 Å². The van der Waals surface area contributed by atoms with Crippen molar-refractivity contribution < 1.29 is 24.6 Å². The van der Waals surface area contributed by atoms with E-state index < -0.39 is 17.5 Å². The molecule has 2 N–H and O–H groups in total. The summed E-state index contributed by atoms with van der Waals surface area (Å²) in [5, 5.41) is 19.6. The Kier molecular flexibility index (Phi) is 4.71. The average molecular weight is 367 g/mol. The number of amides is 2. The Hall–Kier alpha value is -2.12. The summed E-state index contributed by atoms with van der Waals surface area (Å²) in [4.78, 5) is 39.1. The van der Waals surface area contributed by atoms with Crippen molar-refractivity contribution in [1.82, 2.24) is 4.90 Å². The fraction of sp³-hybridized carbons (Fsp3) is 0.471. The van der Waals surface area contributed by atoms with Gasteiger partial charge < -0.3 is 20.0 Å². The quantitative estimate of drug-likeness (QED) is 0.835. The van der Waals surface area contributed by atoms with Crippen LogP contribution in [-0.2, 0) is 14.4 Å². The summed E-state index contributed by atoms with van der Waals surface area (Å²) in [6, 6.07) is 6.86. The molecule has 2 aliphatic heterocycles. The Morgan fingerprint density at radius 3 is 2.32 bits per heavy atom. The van der Waals surface area contributed by atoms with Crippen LogP contribution < -0.4 is 4.90 Å². The number of piperidine rings is 1. The first-order chi connectivity index (χ1) is 11.8. The molecule has 2 fully saturated rings. The third-order valence-corrected chi connectivity index (χ3v) is 5.16. The number of halogens is 1. The van der Waals surface area contributed by atoms with Gasteiger partial charge in [0.1, 0.15) is 0 Å². The van der Waals surface area contributed by atoms with Gasteiger partial charge in [-0.05, 0) is 24.3 Å². The standard InChI is InChI=1S/C17H19ClN2O5/c18-12-1-3-13(4-2-12)20-10-11(9-14(20)21)15(22)19-7-5-17(25,6-8-19)16(23)24/h1-4,11,25H,5-10H2,(H,23,24). The Bertz CT molecular complexity index is 697. The first kappa shape index (κ1) is 17.7. The summed E-state index contributed by atoms with van der Waals surface area (Å²) in [5.41, 5.74) is -1.07. The lowest BCUT2D eigenvalue weighted by atomic mass is 9.91. The van der Waals surface area contributed by atoms with Crippen molar-refractivity contribution in [2.45, 2.75) is 24.9 Å². The average Bonchev–Trinajstić information content (AvgIpc) is 2.97. The van der Waals surface area contributed by atoms with Crippen LogP contribution in [0.4, 0.5) is 5.69 Å². The van der Waals surface area contributed by atoms with Crippen LogP contribution in [0.5, 0.6) is 0 Å². The van der Waals surface area contributed by atoms with Crippen LogP contribution in [0.15, 0.2) is 24.3 Å². The van der Waals surface area contributed by atoms with Crippen molar-refractivity contribution in [3.8, 4) is 0 Å². The van der Waals surface area contributed by atoms with Crippen LogP contribution in [0.1, 0.15) is 19.3 Å². The zero-order valence-electron chi connectivity index (χ0n) is 13.5. The number of hydrogen-bond acceptors (Lipinski definition) is 4. The number of rotatable bonds is 3. The molecule has 0 aromatic heterocycles. The normalized spacial score (nSPS) is 23.0. The highest BCUT2D eigenvalue weighted by Gasteiger charge is 2.43. The fourth-order valence-corrected chi connectivity index (χ4v) is 3.44. The van der Waals surface area contributed by atoms with Crippen LogP contribution >= 0.6 is 11.6 Å². The van der Waals surface area contributed by atoms with Gasteiger partial charge in [0, 0.05) is 49.6 Å². The molecule has 25 heavy (non-hydrogen) atoms. The first-order valence-electron chi connectivity index (χ1n) is 8.11. The molecule has 7 nitrogen and oxygen atoms in total. The molecule has 0 bridgehead atoms. The molecular weight excluding hydrogens is 348 g/mol. The number of benzene rings is 1. The molecule has 1 atom stereocenters. The number of likely N-dealkylation sites (tertiary alicyclic amines) is 1. The van der Waals surface area contributed by atoms with E-state index in [9.17, 15) is 19.5 Å². The predicted octanol–water partition coefficient (Wildman–Crippen LogP) is 1.13. The summed E-state index contributed by atoms with van der Waals surface area (Å²) < 4.78 is 0. The van der Waals surface area contributed by atoms with E-state index in [1.807, 2.05) is 0 Å². The predicted molar refractivity (Wildman–Crippen MR) is 90.3 cm³/mol. The van der Waals surface area contributed by atoms with Crippen molar-refractivity contribution in [2.24, 2.45) is 5.92 Å². The lowest BCUT2D eigenvalue weighted by Gasteiger charge is -2.36. The Labute approximate surface area is 149 Å². The smallest absolute Gasteiger partial charge is 0.335 e. The molecule has 134 valence electrons. The van der Waals surface area contributed by atoms with E-state index in [-0.39, 0.29) is 44.2 Å². The molecule has 0 radical (unpaired) electrons. The first-order valence-corrected chi connectivity index (χ1v) is 8.48. The molecule has 0 spiro atoms. The summed E-state index contributed by atoms with van der Waals surface area (Å²) >= 11 is 5.85. The number of aliphatic hydroxyl groups is 1. The molecular formula is C17H19ClN2O5. The van der Waals surface area contributed by atoms with Crippen molar-refractivity contribution in [3.05, 3.63) is 29.3 Å². The molecule has 1 aromatic carbocycles. The molecule has 2 heterocycles. The SMILES string of the molecule is O=C(C1CC(=O)N(c2ccc(Cl)cc2)C1)N1CCC(O)(C(=O)O)CC1. The lowest BCUT2D eigenvalue weighted by Crippen LogP contribution is -2.52. The highest BCUT2D eigenvalue weighted by atomic mass is 35.5. The Balaban J connectivity index is 1.64. The van der Waals surface area contributed by atoms with Crippen molar-refractivity contribution in [3.63, 3.8) is 0 Å². The molecule has 2 aliphatic rings. The number of aliphatic carboxylic acids is 1. The Morgan fingerprint density at radius 1 is 1.16 bits per heavy atom. The van der Waals surface area contributed by atoms with Crippen LogP contribution in [-0.4, -0.2) is 58.1 Å². The van der Waals surface area contributed by atoms with Gasteiger partial charge in [-0.15, -0.1) is 0 Å². The van der Waals surface area contributed by atoms with E-state index >= 15 is 0 Å². The monoisotopic (exact) mass is 366 g/mol. The third-order valence-electron chi connectivity index (χ3n) is 4.91. The summed E-state index contributed by atoms with van der Waals surface area (Å²) in [6.45, 7) is 0.638. The molecule has 0 saturated carbocycles.